The monoisotopic (exact) mass is 558 g/mol. The highest BCUT2D eigenvalue weighted by Gasteiger charge is 2.45. The predicted molar refractivity (Wildman–Crippen MR) is 140 cm³/mol. The number of benzene rings is 1. The number of hydrogen-bond acceptors (Lipinski definition) is 8. The third-order valence-electron chi connectivity index (χ3n) is 9.00. The van der Waals surface area contributed by atoms with Gasteiger partial charge in [-0.1, -0.05) is 0 Å². The molecule has 4 aliphatic rings. The van der Waals surface area contributed by atoms with E-state index in [2.05, 4.69) is 25.1 Å². The Balaban J connectivity index is 1.34. The van der Waals surface area contributed by atoms with E-state index < -0.39 is 34.6 Å². The molecule has 6 heterocycles. The number of fused-ring (bicyclic) bond motifs is 4. The average molecular weight is 559 g/mol. The summed E-state index contributed by atoms with van der Waals surface area (Å²) in [6, 6.07) is 3.07. The van der Waals surface area contributed by atoms with Gasteiger partial charge in [0.1, 0.15) is 29.4 Å². The highest BCUT2D eigenvalue weighted by Crippen LogP contribution is 2.42. The van der Waals surface area contributed by atoms with E-state index in [4.69, 9.17) is 9.72 Å². The van der Waals surface area contributed by atoms with E-state index >= 15 is 4.39 Å². The van der Waals surface area contributed by atoms with Crippen molar-refractivity contribution in [3.8, 4) is 23.0 Å². The Bertz CT molecular complexity index is 1440. The number of rotatable bonds is 5. The summed E-state index contributed by atoms with van der Waals surface area (Å²) in [5.41, 5.74) is -2.43. The number of hydrogen-bond donors (Lipinski definition) is 2. The van der Waals surface area contributed by atoms with E-state index in [1.54, 1.807) is 0 Å². The zero-order chi connectivity index (χ0) is 27.6. The van der Waals surface area contributed by atoms with Gasteiger partial charge >= 0.3 is 12.2 Å². The fraction of sp³-hybridized carbons (Fsp3) is 0.536. The van der Waals surface area contributed by atoms with Crippen LogP contribution < -0.4 is 15.0 Å². The first-order valence-electron chi connectivity index (χ1n) is 13.9. The molecule has 2 bridgehead atoms. The van der Waals surface area contributed by atoms with E-state index in [9.17, 15) is 18.3 Å². The molecule has 40 heavy (non-hydrogen) atoms. The molecule has 0 aliphatic carbocycles. The molecule has 212 valence electrons. The Morgan fingerprint density at radius 2 is 1.80 bits per heavy atom. The lowest BCUT2D eigenvalue weighted by Gasteiger charge is -2.34. The van der Waals surface area contributed by atoms with Gasteiger partial charge in [-0.15, -0.1) is 0 Å². The zero-order valence-corrected chi connectivity index (χ0v) is 21.8. The fourth-order valence-electron chi connectivity index (χ4n) is 7.12. The maximum absolute atomic E-state index is 16.2. The lowest BCUT2D eigenvalue weighted by Crippen LogP contribution is -2.51. The molecule has 8 nitrogen and oxygen atoms in total. The average Bonchev–Trinajstić information content (AvgIpc) is 3.60. The molecule has 0 saturated carbocycles. The van der Waals surface area contributed by atoms with E-state index in [1.165, 1.54) is 6.20 Å². The van der Waals surface area contributed by atoms with E-state index in [0.29, 0.717) is 30.9 Å². The molecule has 4 fully saturated rings. The summed E-state index contributed by atoms with van der Waals surface area (Å²) >= 11 is 0. The van der Waals surface area contributed by atoms with E-state index in [0.717, 1.165) is 69.8 Å². The highest BCUT2D eigenvalue weighted by molar-refractivity contribution is 5.92. The van der Waals surface area contributed by atoms with E-state index in [-0.39, 0.29) is 29.1 Å². The summed E-state index contributed by atoms with van der Waals surface area (Å²) < 4.78 is 63.9. The Hall–Kier alpha value is -3.25. The first-order valence-corrected chi connectivity index (χ1v) is 13.9. The van der Waals surface area contributed by atoms with Gasteiger partial charge in [0.2, 0.25) is 0 Å². The summed E-state index contributed by atoms with van der Waals surface area (Å²) in [5, 5.41) is 13.8. The van der Waals surface area contributed by atoms with Gasteiger partial charge in [0.25, 0.3) is 0 Å². The molecular weight excluding hydrogens is 528 g/mol. The van der Waals surface area contributed by atoms with E-state index in [1.807, 2.05) is 0 Å². The maximum atomic E-state index is 16.2. The number of anilines is 1. The number of pyridine rings is 1. The first-order chi connectivity index (χ1) is 19.2. The van der Waals surface area contributed by atoms with Crippen LogP contribution in [0.5, 0.6) is 11.8 Å². The first kappa shape index (κ1) is 25.7. The standard InChI is InChI=1S/C28H30F4N6O2/c29-22-23(19-11-18(39)5-6-21(19)28(30,31)32)33-12-20-24(22)35-26(40-15-27-7-1-9-38(27)10-2-8-27)36-25(20)37-13-16-3-4-17(14-37)34-16/h5-6,11-12,16-17,34,39H,1-4,7-10,13-15H2. The van der Waals surface area contributed by atoms with Crippen molar-refractivity contribution >= 4 is 16.7 Å². The van der Waals surface area contributed by atoms with Crippen molar-refractivity contribution in [2.45, 2.75) is 62.3 Å². The van der Waals surface area contributed by atoms with Crippen molar-refractivity contribution < 1.29 is 27.4 Å². The van der Waals surface area contributed by atoms with Crippen molar-refractivity contribution in [2.75, 3.05) is 37.7 Å². The van der Waals surface area contributed by atoms with Gasteiger partial charge in [0.05, 0.1) is 16.5 Å². The minimum absolute atomic E-state index is 0.00417. The number of phenolic OH excluding ortho intramolecular Hbond substituents is 1. The second kappa shape index (κ2) is 9.41. The maximum Gasteiger partial charge on any atom is 0.417 e. The molecule has 2 N–H and O–H groups in total. The van der Waals surface area contributed by atoms with Crippen molar-refractivity contribution in [3.05, 3.63) is 35.8 Å². The molecule has 12 heteroatoms. The minimum Gasteiger partial charge on any atom is -0.508 e. The smallest absolute Gasteiger partial charge is 0.417 e. The third kappa shape index (κ3) is 4.32. The van der Waals surface area contributed by atoms with Crippen molar-refractivity contribution in [3.63, 3.8) is 0 Å². The molecule has 0 radical (unpaired) electrons. The largest absolute Gasteiger partial charge is 0.508 e. The quantitative estimate of drug-likeness (QED) is 0.443. The normalized spacial score (nSPS) is 24.1. The molecule has 1 aromatic carbocycles. The number of halogens is 4. The van der Waals surface area contributed by atoms with Gasteiger partial charge in [0.15, 0.2) is 5.82 Å². The second-order valence-corrected chi connectivity index (χ2v) is 11.5. The number of aromatic nitrogens is 3. The van der Waals surface area contributed by atoms with Crippen LogP contribution in [0.1, 0.15) is 44.1 Å². The molecule has 7 rings (SSSR count). The lowest BCUT2D eigenvalue weighted by atomic mass is 9.95. The number of ether oxygens (including phenoxy) is 1. The van der Waals surface area contributed by atoms with Gasteiger partial charge in [-0.25, -0.2) is 4.39 Å². The lowest BCUT2D eigenvalue weighted by molar-refractivity contribution is -0.137. The SMILES string of the molecule is Oc1ccc(C(F)(F)F)c(-c2ncc3c(N4CC5CCC(C4)N5)nc(OCC45CCCN4CCC5)nc3c2F)c1. The van der Waals surface area contributed by atoms with Crippen LogP contribution in [-0.4, -0.2) is 75.4 Å². The molecule has 2 aromatic heterocycles. The number of aromatic hydroxyl groups is 1. The summed E-state index contributed by atoms with van der Waals surface area (Å²) in [4.78, 5) is 17.8. The van der Waals surface area contributed by atoms with Gasteiger partial charge in [-0.05, 0) is 69.8 Å². The molecule has 4 saturated heterocycles. The number of alkyl halides is 3. The molecule has 0 amide bonds. The Kier molecular flexibility index (Phi) is 6.04. The fourth-order valence-corrected chi connectivity index (χ4v) is 7.12. The van der Waals surface area contributed by atoms with Crippen LogP contribution in [-0.2, 0) is 6.18 Å². The van der Waals surface area contributed by atoms with Gasteiger partial charge in [0, 0.05) is 36.9 Å². The number of phenols is 1. The second-order valence-electron chi connectivity index (χ2n) is 11.5. The molecule has 4 aliphatic heterocycles. The molecule has 2 unspecified atom stereocenters. The predicted octanol–water partition coefficient (Wildman–Crippen LogP) is 4.50. The number of nitrogens with zero attached hydrogens (tertiary/aromatic N) is 5. The van der Waals surface area contributed by atoms with Crippen molar-refractivity contribution in [2.24, 2.45) is 0 Å². The molecule has 0 spiro atoms. The van der Waals surface area contributed by atoms with Crippen LogP contribution in [0.25, 0.3) is 22.2 Å². The van der Waals surface area contributed by atoms with Crippen molar-refractivity contribution in [1.82, 2.24) is 25.2 Å². The van der Waals surface area contributed by atoms with Gasteiger partial charge in [-0.2, -0.15) is 23.1 Å². The minimum atomic E-state index is -4.77. The van der Waals surface area contributed by atoms with Crippen molar-refractivity contribution in [1.29, 1.82) is 0 Å². The Morgan fingerprint density at radius 1 is 1.07 bits per heavy atom. The zero-order valence-electron chi connectivity index (χ0n) is 21.8. The Labute approximate surface area is 228 Å². The number of piperazine rings is 1. The van der Waals surface area contributed by atoms with Crippen LogP contribution >= 0.6 is 0 Å². The summed E-state index contributed by atoms with van der Waals surface area (Å²) in [6.07, 6.45) is 2.81. The van der Waals surface area contributed by atoms with Crippen LogP contribution in [0.2, 0.25) is 0 Å². The summed E-state index contributed by atoms with van der Waals surface area (Å²) in [7, 11) is 0. The molecular formula is C28H30F4N6O2. The molecule has 3 aromatic rings. The van der Waals surface area contributed by atoms with Crippen LogP contribution in [0.15, 0.2) is 24.4 Å². The van der Waals surface area contributed by atoms with Gasteiger partial charge < -0.3 is 20.1 Å². The third-order valence-corrected chi connectivity index (χ3v) is 9.00. The van der Waals surface area contributed by atoms with Gasteiger partial charge in [-0.3, -0.25) is 9.88 Å². The summed E-state index contributed by atoms with van der Waals surface area (Å²) in [6.45, 7) is 3.73. The Morgan fingerprint density at radius 3 is 2.50 bits per heavy atom. The highest BCUT2D eigenvalue weighted by atomic mass is 19.4. The van der Waals surface area contributed by atoms with Crippen LogP contribution in [0.3, 0.4) is 0 Å². The van der Waals surface area contributed by atoms with Crippen LogP contribution in [0, 0.1) is 5.82 Å². The molecule has 2 atom stereocenters. The topological polar surface area (TPSA) is 86.6 Å². The van der Waals surface area contributed by atoms with Crippen LogP contribution in [0.4, 0.5) is 23.4 Å². The number of nitrogens with one attached hydrogen (secondary N) is 1. The summed E-state index contributed by atoms with van der Waals surface area (Å²) in [5.74, 6) is -0.970.